The molecule has 7 nitrogen and oxygen atoms in total. The molecule has 0 radical (unpaired) electrons. The molecule has 1 rings (SSSR count). The molecule has 0 amide bonds. The molecule has 0 aromatic rings. The number of piperidine rings is 1. The molecule has 106 valence electrons. The molecule has 0 aliphatic carbocycles. The zero-order valence-electron chi connectivity index (χ0n) is 10.5. The van der Waals surface area contributed by atoms with Gasteiger partial charge >= 0.3 is 5.97 Å². The molecule has 0 unspecified atom stereocenters. The average molecular weight is 280 g/mol. The molecule has 0 aromatic carbocycles. The Labute approximate surface area is 107 Å². The summed E-state index contributed by atoms with van der Waals surface area (Å²) in [4.78, 5) is 10.8. The second-order valence-corrected chi connectivity index (χ2v) is 5.86. The molecule has 0 spiro atoms. The average Bonchev–Trinajstić information content (AvgIpc) is 2.35. The number of nitrogens with one attached hydrogen (secondary N) is 2. The molecule has 1 aliphatic heterocycles. The van der Waals surface area contributed by atoms with Crippen LogP contribution in [0.4, 0.5) is 0 Å². The predicted molar refractivity (Wildman–Crippen MR) is 65.6 cm³/mol. The highest BCUT2D eigenvalue weighted by Gasteiger charge is 2.17. The van der Waals surface area contributed by atoms with Gasteiger partial charge in [-0.15, -0.1) is 0 Å². The third-order valence-corrected chi connectivity index (χ3v) is 3.86. The summed E-state index contributed by atoms with van der Waals surface area (Å²) in [6.07, 6.45) is 2.07. The van der Waals surface area contributed by atoms with E-state index in [1.165, 1.54) is 0 Å². The van der Waals surface area contributed by atoms with Crippen LogP contribution in [0, 0.1) is 0 Å². The molecule has 0 bridgehead atoms. The zero-order chi connectivity index (χ0) is 13.4. The number of methoxy groups -OCH3 is 1. The second kappa shape index (κ2) is 7.67. The highest BCUT2D eigenvalue weighted by molar-refractivity contribution is 7.90. The molecule has 1 saturated heterocycles. The van der Waals surface area contributed by atoms with Gasteiger partial charge in [-0.25, -0.2) is 13.1 Å². The van der Waals surface area contributed by atoms with Crippen molar-refractivity contribution in [1.29, 1.82) is 0 Å². The molecule has 0 aromatic heterocycles. The number of esters is 1. The van der Waals surface area contributed by atoms with E-state index in [1.807, 2.05) is 0 Å². The topological polar surface area (TPSA) is 93.7 Å². The number of hydrogen-bond acceptors (Lipinski definition) is 6. The summed E-state index contributed by atoms with van der Waals surface area (Å²) < 4.78 is 34.9. The summed E-state index contributed by atoms with van der Waals surface area (Å²) in [7, 11) is -2.46. The Kier molecular flexibility index (Phi) is 6.55. The van der Waals surface area contributed by atoms with Gasteiger partial charge in [-0.3, -0.25) is 4.79 Å². The van der Waals surface area contributed by atoms with Gasteiger partial charge in [0.15, 0.2) is 5.75 Å². The summed E-state index contributed by atoms with van der Waals surface area (Å²) in [5.41, 5.74) is 0. The number of sulfonamides is 1. The van der Waals surface area contributed by atoms with Crippen molar-refractivity contribution in [3.05, 3.63) is 0 Å². The highest BCUT2D eigenvalue weighted by atomic mass is 32.2. The summed E-state index contributed by atoms with van der Waals surface area (Å²) in [6, 6.07) is 0. The quantitative estimate of drug-likeness (QED) is 0.452. The SMILES string of the molecule is COC(=O)CS(=O)(=O)NCCOC1CCNCC1. The zero-order valence-corrected chi connectivity index (χ0v) is 11.3. The van der Waals surface area contributed by atoms with Crippen molar-refractivity contribution < 1.29 is 22.7 Å². The fraction of sp³-hybridized carbons (Fsp3) is 0.900. The lowest BCUT2D eigenvalue weighted by atomic mass is 10.1. The summed E-state index contributed by atoms with van der Waals surface area (Å²) in [6.45, 7) is 2.34. The third-order valence-electron chi connectivity index (χ3n) is 2.60. The van der Waals surface area contributed by atoms with Gasteiger partial charge in [0.05, 0.1) is 19.8 Å². The normalized spacial score (nSPS) is 17.6. The predicted octanol–water partition coefficient (Wildman–Crippen LogP) is -1.15. The molecule has 2 N–H and O–H groups in total. The molecule has 1 aliphatic rings. The maximum atomic E-state index is 11.4. The first-order valence-electron chi connectivity index (χ1n) is 5.90. The van der Waals surface area contributed by atoms with Gasteiger partial charge in [-0.2, -0.15) is 0 Å². The number of rotatable bonds is 7. The number of carbonyl (C=O) groups is 1. The van der Waals surface area contributed by atoms with Crippen LogP contribution < -0.4 is 10.0 Å². The Balaban J connectivity index is 2.14. The minimum atomic E-state index is -3.61. The van der Waals surface area contributed by atoms with Gasteiger partial charge in [0.25, 0.3) is 0 Å². The lowest BCUT2D eigenvalue weighted by Crippen LogP contribution is -2.36. The smallest absolute Gasteiger partial charge is 0.322 e. The third kappa shape index (κ3) is 6.29. The van der Waals surface area contributed by atoms with Crippen LogP contribution in [0.3, 0.4) is 0 Å². The summed E-state index contributed by atoms with van der Waals surface area (Å²) in [5, 5.41) is 3.21. The van der Waals surface area contributed by atoms with Crippen molar-refractivity contribution in [3.8, 4) is 0 Å². The fourth-order valence-electron chi connectivity index (χ4n) is 1.65. The standard InChI is InChI=1S/C10H20N2O5S/c1-16-10(13)8-18(14,15)12-6-7-17-9-2-4-11-5-3-9/h9,11-12H,2-8H2,1H3. The van der Waals surface area contributed by atoms with Crippen LogP contribution in [0.1, 0.15) is 12.8 Å². The van der Waals surface area contributed by atoms with E-state index in [1.54, 1.807) is 0 Å². The van der Waals surface area contributed by atoms with Crippen molar-refractivity contribution in [2.24, 2.45) is 0 Å². The van der Waals surface area contributed by atoms with Crippen molar-refractivity contribution in [1.82, 2.24) is 10.0 Å². The minimum absolute atomic E-state index is 0.170. The highest BCUT2D eigenvalue weighted by Crippen LogP contribution is 2.06. The minimum Gasteiger partial charge on any atom is -0.468 e. The van der Waals surface area contributed by atoms with Crippen molar-refractivity contribution in [2.45, 2.75) is 18.9 Å². The van der Waals surface area contributed by atoms with Gasteiger partial charge in [-0.1, -0.05) is 0 Å². The Hall–Kier alpha value is -0.700. The Bertz CT molecular complexity index is 351. The van der Waals surface area contributed by atoms with E-state index in [0.717, 1.165) is 33.0 Å². The van der Waals surface area contributed by atoms with Crippen LogP contribution in [0.5, 0.6) is 0 Å². The molecule has 8 heteroatoms. The van der Waals surface area contributed by atoms with E-state index in [2.05, 4.69) is 14.8 Å². The van der Waals surface area contributed by atoms with Crippen molar-refractivity contribution >= 4 is 16.0 Å². The largest absolute Gasteiger partial charge is 0.468 e. The molecule has 1 heterocycles. The summed E-state index contributed by atoms with van der Waals surface area (Å²) in [5.74, 6) is -1.43. The first kappa shape index (κ1) is 15.4. The van der Waals surface area contributed by atoms with Crippen LogP contribution in [0.25, 0.3) is 0 Å². The van der Waals surface area contributed by atoms with E-state index in [4.69, 9.17) is 4.74 Å². The fourth-order valence-corrected chi connectivity index (χ4v) is 2.57. The maximum Gasteiger partial charge on any atom is 0.322 e. The Morgan fingerprint density at radius 2 is 2.06 bits per heavy atom. The number of hydrogen-bond donors (Lipinski definition) is 2. The van der Waals surface area contributed by atoms with E-state index in [0.29, 0.717) is 6.61 Å². The Morgan fingerprint density at radius 3 is 2.67 bits per heavy atom. The number of ether oxygens (including phenoxy) is 2. The van der Waals surface area contributed by atoms with E-state index in [-0.39, 0.29) is 12.6 Å². The van der Waals surface area contributed by atoms with Gasteiger partial charge in [0, 0.05) is 6.54 Å². The van der Waals surface area contributed by atoms with Gasteiger partial charge in [0.1, 0.15) is 0 Å². The van der Waals surface area contributed by atoms with Gasteiger partial charge in [0.2, 0.25) is 10.0 Å². The van der Waals surface area contributed by atoms with Crippen LogP contribution in [-0.2, 0) is 24.3 Å². The second-order valence-electron chi connectivity index (χ2n) is 4.05. The molecule has 0 atom stereocenters. The van der Waals surface area contributed by atoms with Gasteiger partial charge in [-0.05, 0) is 25.9 Å². The van der Waals surface area contributed by atoms with E-state index >= 15 is 0 Å². The molecule has 18 heavy (non-hydrogen) atoms. The summed E-state index contributed by atoms with van der Waals surface area (Å²) >= 11 is 0. The molecular formula is C10H20N2O5S. The van der Waals surface area contributed by atoms with Crippen molar-refractivity contribution in [3.63, 3.8) is 0 Å². The van der Waals surface area contributed by atoms with E-state index < -0.39 is 21.7 Å². The van der Waals surface area contributed by atoms with E-state index in [9.17, 15) is 13.2 Å². The molecule has 1 fully saturated rings. The first-order valence-corrected chi connectivity index (χ1v) is 7.55. The van der Waals surface area contributed by atoms with Crippen LogP contribution in [0.2, 0.25) is 0 Å². The number of carbonyl (C=O) groups excluding carboxylic acids is 1. The van der Waals surface area contributed by atoms with Gasteiger partial charge < -0.3 is 14.8 Å². The molecular weight excluding hydrogens is 260 g/mol. The Morgan fingerprint density at radius 1 is 1.39 bits per heavy atom. The van der Waals surface area contributed by atoms with Crippen LogP contribution >= 0.6 is 0 Å². The lowest BCUT2D eigenvalue weighted by molar-refractivity contribution is -0.137. The molecule has 0 saturated carbocycles. The first-order chi connectivity index (χ1) is 8.53. The van der Waals surface area contributed by atoms with Crippen LogP contribution in [0.15, 0.2) is 0 Å². The maximum absolute atomic E-state index is 11.4. The lowest BCUT2D eigenvalue weighted by Gasteiger charge is -2.22. The monoisotopic (exact) mass is 280 g/mol. The van der Waals surface area contributed by atoms with Crippen LogP contribution in [-0.4, -0.2) is 59.6 Å². The van der Waals surface area contributed by atoms with Crippen molar-refractivity contribution in [2.75, 3.05) is 39.1 Å².